The van der Waals surface area contributed by atoms with Gasteiger partial charge in [-0.05, 0) is 35.9 Å². The number of rotatable bonds is 6. The minimum atomic E-state index is -5.37. The van der Waals surface area contributed by atoms with Gasteiger partial charge in [-0.1, -0.05) is 36.4 Å². The minimum Gasteiger partial charge on any atom is -0.497 e. The fourth-order valence-electron chi connectivity index (χ4n) is 4.62. The number of nitrogens with zero attached hydrogens (tertiary/aromatic N) is 3. The number of carboxylic acid groups (broad SMARTS) is 1. The van der Waals surface area contributed by atoms with Gasteiger partial charge in [0.05, 0.1) is 24.7 Å². The smallest absolute Gasteiger partial charge is 0.491 e. The molecule has 0 saturated heterocycles. The van der Waals surface area contributed by atoms with Crippen LogP contribution in [-0.4, -0.2) is 58.3 Å². The third-order valence-corrected chi connectivity index (χ3v) is 6.58. The van der Waals surface area contributed by atoms with Crippen molar-refractivity contribution in [2.24, 2.45) is 0 Å². The topological polar surface area (TPSA) is 125 Å². The number of methoxy groups -OCH3 is 1. The van der Waals surface area contributed by atoms with Gasteiger partial charge in [0.1, 0.15) is 5.75 Å². The maximum absolute atomic E-state index is 13.7. The lowest BCUT2D eigenvalue weighted by Crippen LogP contribution is -2.49. The second kappa shape index (κ2) is 9.59. The number of ether oxygens (including phenoxy) is 2. The van der Waals surface area contributed by atoms with Gasteiger partial charge in [0.15, 0.2) is 0 Å². The van der Waals surface area contributed by atoms with Crippen LogP contribution in [0.4, 0.5) is 23.9 Å². The van der Waals surface area contributed by atoms with Gasteiger partial charge in [-0.2, -0.15) is 13.2 Å². The summed E-state index contributed by atoms with van der Waals surface area (Å²) in [4.78, 5) is 46.4. The van der Waals surface area contributed by atoms with Crippen molar-refractivity contribution in [3.63, 3.8) is 0 Å². The zero-order valence-electron chi connectivity index (χ0n) is 21.0. The Kier molecular flexibility index (Phi) is 6.36. The molecule has 2 N–H and O–H groups in total. The molecule has 4 aromatic rings. The number of benzene rings is 3. The molecule has 1 atom stereocenters. The number of nitrogens with one attached hydrogen (secondary N) is 1. The second-order valence-electron chi connectivity index (χ2n) is 8.95. The number of halogens is 3. The van der Waals surface area contributed by atoms with Crippen molar-refractivity contribution in [3.8, 4) is 5.75 Å². The van der Waals surface area contributed by atoms with E-state index in [0.717, 1.165) is 9.80 Å². The quantitative estimate of drug-likeness (QED) is 0.333. The van der Waals surface area contributed by atoms with Crippen LogP contribution in [0, 0.1) is 0 Å². The maximum Gasteiger partial charge on any atom is 0.491 e. The summed E-state index contributed by atoms with van der Waals surface area (Å²) in [5.41, 5.74) is -1.15. The lowest BCUT2D eigenvalue weighted by atomic mass is 9.92. The lowest BCUT2D eigenvalue weighted by molar-refractivity contribution is -0.222. The SMILES string of the molecule is COc1ccc(CN2C(=O)c3ccccc3C2(OC(=O)C(F)(F)F)c2ccc3nc(N(C)C(=O)O)[nH]c3c2)cc1. The van der Waals surface area contributed by atoms with E-state index in [-0.39, 0.29) is 34.7 Å². The van der Waals surface area contributed by atoms with Crippen molar-refractivity contribution in [1.82, 2.24) is 14.9 Å². The second-order valence-corrected chi connectivity index (χ2v) is 8.95. The number of esters is 1. The Morgan fingerprint density at radius 1 is 1.10 bits per heavy atom. The Morgan fingerprint density at radius 2 is 1.80 bits per heavy atom. The van der Waals surface area contributed by atoms with Gasteiger partial charge in [0, 0.05) is 23.7 Å². The predicted octanol–water partition coefficient (Wildman–Crippen LogP) is 4.65. The number of aromatic nitrogens is 2. The number of anilines is 1. The van der Waals surface area contributed by atoms with Crippen LogP contribution >= 0.6 is 0 Å². The first-order valence-electron chi connectivity index (χ1n) is 11.8. The molecular formula is C27H21F3N4O6. The predicted molar refractivity (Wildman–Crippen MR) is 135 cm³/mol. The number of fused-ring (bicyclic) bond motifs is 2. The fourth-order valence-corrected chi connectivity index (χ4v) is 4.62. The Hall–Kier alpha value is -5.07. The molecule has 0 bridgehead atoms. The highest BCUT2D eigenvalue weighted by molar-refractivity contribution is 6.01. The molecule has 3 aromatic carbocycles. The van der Waals surface area contributed by atoms with E-state index < -0.39 is 29.9 Å². The molecule has 0 spiro atoms. The summed E-state index contributed by atoms with van der Waals surface area (Å²) in [7, 11) is 2.73. The molecule has 2 amide bonds. The van der Waals surface area contributed by atoms with E-state index in [2.05, 4.69) is 9.97 Å². The molecule has 5 rings (SSSR count). The highest BCUT2D eigenvalue weighted by atomic mass is 19.4. The zero-order chi connectivity index (χ0) is 28.8. The van der Waals surface area contributed by atoms with Crippen LogP contribution in [0.2, 0.25) is 0 Å². The summed E-state index contributed by atoms with van der Waals surface area (Å²) < 4.78 is 51.4. The van der Waals surface area contributed by atoms with Crippen molar-refractivity contribution in [3.05, 3.63) is 89.0 Å². The molecule has 0 saturated carbocycles. The normalized spacial score (nSPS) is 16.6. The average Bonchev–Trinajstić information content (AvgIpc) is 3.46. The zero-order valence-corrected chi connectivity index (χ0v) is 21.0. The fraction of sp³-hybridized carbons (Fsp3) is 0.185. The molecule has 206 valence electrons. The van der Waals surface area contributed by atoms with Crippen molar-refractivity contribution < 1.29 is 42.1 Å². The van der Waals surface area contributed by atoms with Crippen LogP contribution in [0.5, 0.6) is 5.75 Å². The first-order chi connectivity index (χ1) is 19.0. The average molecular weight is 554 g/mol. The third-order valence-electron chi connectivity index (χ3n) is 6.58. The van der Waals surface area contributed by atoms with Crippen LogP contribution in [0.25, 0.3) is 11.0 Å². The number of hydrogen-bond acceptors (Lipinski definition) is 6. The number of alkyl halides is 3. The van der Waals surface area contributed by atoms with E-state index in [1.165, 1.54) is 50.6 Å². The summed E-state index contributed by atoms with van der Waals surface area (Å²) in [5, 5.41) is 9.30. The van der Waals surface area contributed by atoms with Gasteiger partial charge in [-0.3, -0.25) is 14.6 Å². The molecule has 0 radical (unpaired) electrons. The molecule has 13 heteroatoms. The summed E-state index contributed by atoms with van der Waals surface area (Å²) in [6, 6.07) is 16.7. The lowest BCUT2D eigenvalue weighted by Gasteiger charge is -2.39. The Bertz CT molecular complexity index is 1640. The van der Waals surface area contributed by atoms with Crippen molar-refractivity contribution in [1.29, 1.82) is 0 Å². The first-order valence-corrected chi connectivity index (χ1v) is 11.8. The number of imidazole rings is 1. The van der Waals surface area contributed by atoms with E-state index in [0.29, 0.717) is 16.8 Å². The van der Waals surface area contributed by atoms with E-state index in [1.807, 2.05) is 0 Å². The van der Waals surface area contributed by atoms with Gasteiger partial charge in [-0.15, -0.1) is 0 Å². The van der Waals surface area contributed by atoms with E-state index in [9.17, 15) is 32.7 Å². The molecule has 1 aromatic heterocycles. The molecule has 0 aliphatic carbocycles. The number of aromatic amines is 1. The number of amides is 2. The number of carbonyl (C=O) groups excluding carboxylic acids is 2. The largest absolute Gasteiger partial charge is 0.497 e. The molecule has 0 fully saturated rings. The van der Waals surface area contributed by atoms with E-state index in [1.54, 1.807) is 30.3 Å². The van der Waals surface area contributed by atoms with Crippen molar-refractivity contribution in [2.75, 3.05) is 19.1 Å². The van der Waals surface area contributed by atoms with Crippen molar-refractivity contribution >= 4 is 35.0 Å². The molecule has 40 heavy (non-hydrogen) atoms. The molecule has 2 heterocycles. The first kappa shape index (κ1) is 26.5. The summed E-state index contributed by atoms with van der Waals surface area (Å²) in [6.07, 6.45) is -6.66. The third kappa shape index (κ3) is 4.34. The number of carbonyl (C=O) groups is 3. The van der Waals surface area contributed by atoms with Gasteiger partial charge < -0.3 is 19.6 Å². The monoisotopic (exact) mass is 554 g/mol. The molecular weight excluding hydrogens is 533 g/mol. The van der Waals surface area contributed by atoms with Crippen LogP contribution in [0.3, 0.4) is 0 Å². The standard InChI is InChI=1S/C27H21F3N4O6/c1-33(25(37)38)24-31-20-12-9-16(13-21(20)32-24)26(40-23(36)27(28,29)30)19-6-4-3-5-18(19)22(35)34(26)14-15-7-10-17(39-2)11-8-15/h3-13H,14H2,1-2H3,(H,31,32)(H,37,38). The molecule has 1 aliphatic heterocycles. The van der Waals surface area contributed by atoms with Crippen LogP contribution in [0.1, 0.15) is 27.0 Å². The van der Waals surface area contributed by atoms with Crippen LogP contribution in [0.15, 0.2) is 66.7 Å². The number of hydrogen-bond donors (Lipinski definition) is 2. The minimum absolute atomic E-state index is 0.0117. The summed E-state index contributed by atoms with van der Waals surface area (Å²) in [6.45, 7) is -0.226. The van der Waals surface area contributed by atoms with Gasteiger partial charge in [0.25, 0.3) is 5.91 Å². The van der Waals surface area contributed by atoms with Crippen molar-refractivity contribution in [2.45, 2.75) is 18.4 Å². The highest BCUT2D eigenvalue weighted by Gasteiger charge is 2.57. The molecule has 1 aliphatic rings. The summed E-state index contributed by atoms with van der Waals surface area (Å²) in [5.74, 6) is -2.66. The molecule has 1 unspecified atom stereocenters. The van der Waals surface area contributed by atoms with Crippen LogP contribution < -0.4 is 9.64 Å². The maximum atomic E-state index is 13.7. The molecule has 10 nitrogen and oxygen atoms in total. The Balaban J connectivity index is 1.73. The Labute approximate surface area is 224 Å². The van der Waals surface area contributed by atoms with Crippen LogP contribution in [-0.2, 0) is 21.8 Å². The Morgan fingerprint density at radius 3 is 2.45 bits per heavy atom. The van der Waals surface area contributed by atoms with Gasteiger partial charge in [-0.25, -0.2) is 14.6 Å². The van der Waals surface area contributed by atoms with Gasteiger partial charge >= 0.3 is 18.2 Å². The van der Waals surface area contributed by atoms with E-state index in [4.69, 9.17) is 9.47 Å². The van der Waals surface area contributed by atoms with Gasteiger partial charge in [0.2, 0.25) is 11.7 Å². The van der Waals surface area contributed by atoms with E-state index >= 15 is 0 Å². The highest BCUT2D eigenvalue weighted by Crippen LogP contribution is 2.47. The number of H-pyrrole nitrogens is 1. The summed E-state index contributed by atoms with van der Waals surface area (Å²) >= 11 is 0.